The summed E-state index contributed by atoms with van der Waals surface area (Å²) < 4.78 is 16.1. The monoisotopic (exact) mass is 333 g/mol. The lowest BCUT2D eigenvalue weighted by atomic mass is 10.2. The van der Waals surface area contributed by atoms with Crippen molar-refractivity contribution >= 4 is 17.6 Å². The third-order valence-corrected chi connectivity index (χ3v) is 3.58. The summed E-state index contributed by atoms with van der Waals surface area (Å²) in [5.41, 5.74) is 0.467. The molecule has 2 rings (SSSR count). The third-order valence-electron chi connectivity index (χ3n) is 3.58. The average Bonchev–Trinajstić information content (AvgIpc) is 2.51. The second kappa shape index (κ2) is 7.38. The van der Waals surface area contributed by atoms with Crippen molar-refractivity contribution in [2.45, 2.75) is 52.4 Å². The highest BCUT2D eigenvalue weighted by molar-refractivity contribution is 6.15. The van der Waals surface area contributed by atoms with E-state index in [1.54, 1.807) is 6.07 Å². The maximum Gasteiger partial charge on any atom is 0.350 e. The first-order chi connectivity index (χ1) is 11.4. The van der Waals surface area contributed by atoms with Gasteiger partial charge in [0.15, 0.2) is 5.57 Å². The van der Waals surface area contributed by atoms with Crippen LogP contribution >= 0.6 is 0 Å². The maximum absolute atomic E-state index is 11.9. The lowest BCUT2D eigenvalue weighted by Crippen LogP contribution is -2.42. The number of benzene rings is 1. The fraction of sp³-hybridized carbons (Fsp3) is 0.444. The summed E-state index contributed by atoms with van der Waals surface area (Å²) in [6, 6.07) is 7.33. The number of carbonyl (C=O) groups is 2. The molecule has 1 aliphatic heterocycles. The molecule has 1 fully saturated rings. The number of rotatable bonds is 6. The first-order valence-corrected chi connectivity index (χ1v) is 8.05. The van der Waals surface area contributed by atoms with E-state index in [9.17, 15) is 9.59 Å². The fourth-order valence-electron chi connectivity index (χ4n) is 2.25. The summed E-state index contributed by atoms with van der Waals surface area (Å²) in [5.74, 6) is -2.03. The smallest absolute Gasteiger partial charge is 0.350 e. The molecule has 6 nitrogen and oxygen atoms in total. The van der Waals surface area contributed by atoms with Gasteiger partial charge in [0.2, 0.25) is 0 Å². The lowest BCUT2D eigenvalue weighted by Gasteiger charge is -2.29. The number of esters is 2. The molecule has 1 N–H and O–H groups in total. The molecule has 130 valence electrons. The van der Waals surface area contributed by atoms with E-state index in [-0.39, 0.29) is 11.7 Å². The molecule has 0 radical (unpaired) electrons. The Labute approximate surface area is 141 Å². The standard InChI is InChI=1S/C18H23NO5/c1-5-12(6-2)22-15-10-8-7-9-14(15)19-11-13-16(20)23-18(3,4)24-17(13)21/h7-12,19H,5-6H2,1-4H3. The van der Waals surface area contributed by atoms with Gasteiger partial charge in [0.25, 0.3) is 5.79 Å². The minimum atomic E-state index is -1.25. The van der Waals surface area contributed by atoms with E-state index in [1.165, 1.54) is 20.0 Å². The summed E-state index contributed by atoms with van der Waals surface area (Å²) in [4.78, 5) is 23.9. The van der Waals surface area contributed by atoms with Crippen LogP contribution in [-0.2, 0) is 19.1 Å². The molecule has 0 amide bonds. The van der Waals surface area contributed by atoms with Crippen molar-refractivity contribution in [3.63, 3.8) is 0 Å². The minimum absolute atomic E-state index is 0.103. The summed E-state index contributed by atoms with van der Waals surface area (Å²) in [6.07, 6.45) is 3.17. The molecule has 0 unspecified atom stereocenters. The van der Waals surface area contributed by atoms with Crippen molar-refractivity contribution < 1.29 is 23.8 Å². The second-order valence-corrected chi connectivity index (χ2v) is 5.93. The van der Waals surface area contributed by atoms with Gasteiger partial charge in [-0.15, -0.1) is 0 Å². The van der Waals surface area contributed by atoms with Crippen molar-refractivity contribution in [3.05, 3.63) is 36.0 Å². The fourth-order valence-corrected chi connectivity index (χ4v) is 2.25. The van der Waals surface area contributed by atoms with E-state index in [4.69, 9.17) is 14.2 Å². The van der Waals surface area contributed by atoms with E-state index in [0.29, 0.717) is 11.4 Å². The van der Waals surface area contributed by atoms with E-state index in [2.05, 4.69) is 19.2 Å². The number of hydrogen-bond donors (Lipinski definition) is 1. The van der Waals surface area contributed by atoms with E-state index in [1.807, 2.05) is 18.2 Å². The van der Waals surface area contributed by atoms with Crippen LogP contribution in [0.2, 0.25) is 0 Å². The second-order valence-electron chi connectivity index (χ2n) is 5.93. The van der Waals surface area contributed by atoms with Crippen LogP contribution in [0.5, 0.6) is 5.75 Å². The van der Waals surface area contributed by atoms with Gasteiger partial charge in [-0.3, -0.25) is 0 Å². The van der Waals surface area contributed by atoms with Gasteiger partial charge >= 0.3 is 11.9 Å². The van der Waals surface area contributed by atoms with Crippen LogP contribution in [0.15, 0.2) is 36.0 Å². The molecular weight excluding hydrogens is 310 g/mol. The topological polar surface area (TPSA) is 73.9 Å². The van der Waals surface area contributed by atoms with Gasteiger partial charge in [-0.25, -0.2) is 9.59 Å². The highest BCUT2D eigenvalue weighted by atomic mass is 16.7. The van der Waals surface area contributed by atoms with Crippen LogP contribution in [0.1, 0.15) is 40.5 Å². The number of cyclic esters (lactones) is 2. The Kier molecular flexibility index (Phi) is 5.49. The quantitative estimate of drug-likeness (QED) is 0.489. The summed E-state index contributed by atoms with van der Waals surface area (Å²) >= 11 is 0. The average molecular weight is 333 g/mol. The highest BCUT2D eigenvalue weighted by Gasteiger charge is 2.38. The zero-order valence-corrected chi connectivity index (χ0v) is 14.4. The van der Waals surface area contributed by atoms with E-state index < -0.39 is 17.7 Å². The van der Waals surface area contributed by atoms with Gasteiger partial charge in [0, 0.05) is 20.0 Å². The predicted molar refractivity (Wildman–Crippen MR) is 89.4 cm³/mol. The SMILES string of the molecule is CCC(CC)Oc1ccccc1NC=C1C(=O)OC(C)(C)OC1=O. The molecule has 0 aliphatic carbocycles. The Morgan fingerprint density at radius 3 is 2.29 bits per heavy atom. The largest absolute Gasteiger partial charge is 0.488 e. The molecule has 1 aromatic carbocycles. The number of anilines is 1. The number of carbonyl (C=O) groups excluding carboxylic acids is 2. The van der Waals surface area contributed by atoms with Crippen molar-refractivity contribution in [2.24, 2.45) is 0 Å². The van der Waals surface area contributed by atoms with Crippen molar-refractivity contribution in [3.8, 4) is 5.75 Å². The lowest BCUT2D eigenvalue weighted by molar-refractivity contribution is -0.222. The molecule has 6 heteroatoms. The Balaban J connectivity index is 2.17. The van der Waals surface area contributed by atoms with Crippen LogP contribution in [-0.4, -0.2) is 23.8 Å². The number of para-hydroxylation sites is 2. The molecule has 1 aliphatic rings. The Morgan fingerprint density at radius 2 is 1.71 bits per heavy atom. The van der Waals surface area contributed by atoms with Crippen molar-refractivity contribution in [1.29, 1.82) is 0 Å². The summed E-state index contributed by atoms with van der Waals surface area (Å²) in [5, 5.41) is 2.94. The molecule has 0 bridgehead atoms. The van der Waals surface area contributed by atoms with Crippen LogP contribution in [0.4, 0.5) is 5.69 Å². The first kappa shape index (κ1) is 17.8. The van der Waals surface area contributed by atoms with Gasteiger partial charge in [0.05, 0.1) is 11.8 Å². The van der Waals surface area contributed by atoms with Gasteiger partial charge in [-0.1, -0.05) is 26.0 Å². The molecule has 1 heterocycles. The Morgan fingerprint density at radius 1 is 1.12 bits per heavy atom. The molecule has 24 heavy (non-hydrogen) atoms. The summed E-state index contributed by atoms with van der Waals surface area (Å²) in [6.45, 7) is 7.13. The Hall–Kier alpha value is -2.50. The molecule has 0 spiro atoms. The molecule has 1 aromatic rings. The van der Waals surface area contributed by atoms with Gasteiger partial charge < -0.3 is 19.5 Å². The third kappa shape index (κ3) is 4.28. The normalized spacial score (nSPS) is 16.5. The van der Waals surface area contributed by atoms with Crippen molar-refractivity contribution in [1.82, 2.24) is 0 Å². The Bertz CT molecular complexity index is 625. The number of nitrogens with one attached hydrogen (secondary N) is 1. The van der Waals surface area contributed by atoms with Crippen LogP contribution < -0.4 is 10.1 Å². The highest BCUT2D eigenvalue weighted by Crippen LogP contribution is 2.27. The van der Waals surface area contributed by atoms with E-state index in [0.717, 1.165) is 12.8 Å². The molecule has 0 atom stereocenters. The minimum Gasteiger partial charge on any atom is -0.488 e. The molecule has 0 aromatic heterocycles. The van der Waals surface area contributed by atoms with E-state index >= 15 is 0 Å². The van der Waals surface area contributed by atoms with Gasteiger partial charge in [-0.2, -0.15) is 0 Å². The van der Waals surface area contributed by atoms with Crippen molar-refractivity contribution in [2.75, 3.05) is 5.32 Å². The molecule has 1 saturated heterocycles. The number of ether oxygens (including phenoxy) is 3. The van der Waals surface area contributed by atoms with Crippen LogP contribution in [0.3, 0.4) is 0 Å². The maximum atomic E-state index is 11.9. The number of hydrogen-bond acceptors (Lipinski definition) is 6. The zero-order valence-electron chi connectivity index (χ0n) is 14.4. The predicted octanol–water partition coefficient (Wildman–Crippen LogP) is 3.39. The van der Waals surface area contributed by atoms with Gasteiger partial charge in [0.1, 0.15) is 5.75 Å². The van der Waals surface area contributed by atoms with Gasteiger partial charge in [-0.05, 0) is 25.0 Å². The first-order valence-electron chi connectivity index (χ1n) is 8.05. The van der Waals surface area contributed by atoms with Crippen LogP contribution in [0, 0.1) is 0 Å². The summed E-state index contributed by atoms with van der Waals surface area (Å²) in [7, 11) is 0. The van der Waals surface area contributed by atoms with Crippen LogP contribution in [0.25, 0.3) is 0 Å². The molecule has 0 saturated carbocycles. The zero-order chi connectivity index (χ0) is 17.7. The molecular formula is C18H23NO5.